The van der Waals surface area contributed by atoms with Gasteiger partial charge in [-0.05, 0) is 41.6 Å². The Morgan fingerprint density at radius 1 is 0.844 bits per heavy atom. The second-order valence-electron chi connectivity index (χ2n) is 9.22. The average Bonchev–Trinajstić information content (AvgIpc) is 2.78. The summed E-state index contributed by atoms with van der Waals surface area (Å²) in [6.07, 6.45) is 10.1. The monoisotopic (exact) mass is 452 g/mol. The van der Waals surface area contributed by atoms with E-state index in [1.165, 1.54) is 29.6 Å². The lowest BCUT2D eigenvalue weighted by molar-refractivity contribution is -0.137. The minimum Gasteiger partial charge on any atom is -0.463 e. The molecule has 0 saturated heterocycles. The van der Waals surface area contributed by atoms with Crippen LogP contribution in [0.1, 0.15) is 66.2 Å². The average molecular weight is 453 g/mol. The van der Waals surface area contributed by atoms with E-state index in [0.29, 0.717) is 6.61 Å². The van der Waals surface area contributed by atoms with Gasteiger partial charge in [0.2, 0.25) is 0 Å². The van der Waals surface area contributed by atoms with Gasteiger partial charge in [-0.25, -0.2) is 4.79 Å². The fourth-order valence-electron chi connectivity index (χ4n) is 4.25. The molecule has 0 fully saturated rings. The zero-order valence-corrected chi connectivity index (χ0v) is 21.3. The number of carbonyl (C=O) groups excluding carboxylic acids is 1. The largest absolute Gasteiger partial charge is 0.463 e. The van der Waals surface area contributed by atoms with Crippen molar-refractivity contribution in [3.05, 3.63) is 72.8 Å². The van der Waals surface area contributed by atoms with E-state index in [1.54, 1.807) is 6.08 Å². The molecule has 0 radical (unpaired) electrons. The fraction of sp³-hybridized carbons (Fsp3) is 0.464. The zero-order valence-electron chi connectivity index (χ0n) is 20.3. The van der Waals surface area contributed by atoms with Crippen LogP contribution in [0.4, 0.5) is 0 Å². The molecule has 0 aromatic heterocycles. The van der Waals surface area contributed by atoms with Crippen LogP contribution in [0.25, 0.3) is 0 Å². The van der Waals surface area contributed by atoms with E-state index in [4.69, 9.17) is 9.16 Å². The molecular weight excluding hydrogens is 412 g/mol. The highest BCUT2D eigenvalue weighted by molar-refractivity contribution is 6.99. The van der Waals surface area contributed by atoms with Gasteiger partial charge in [0, 0.05) is 12.7 Å². The number of benzene rings is 2. The molecule has 3 nitrogen and oxygen atoms in total. The van der Waals surface area contributed by atoms with Crippen molar-refractivity contribution in [2.45, 2.75) is 71.3 Å². The molecule has 174 valence electrons. The molecule has 4 heteroatoms. The van der Waals surface area contributed by atoms with Gasteiger partial charge in [0.1, 0.15) is 0 Å². The lowest BCUT2D eigenvalue weighted by atomic mass is 10.1. The second-order valence-corrected chi connectivity index (χ2v) is 13.5. The van der Waals surface area contributed by atoms with Crippen LogP contribution in [0, 0.1) is 0 Å². The Hall–Kier alpha value is -2.17. The summed E-state index contributed by atoms with van der Waals surface area (Å²) in [4.78, 5) is 11.3. The van der Waals surface area contributed by atoms with Gasteiger partial charge in [-0.2, -0.15) is 0 Å². The maximum absolute atomic E-state index is 11.3. The number of ether oxygens (including phenoxy) is 1. The van der Waals surface area contributed by atoms with Crippen molar-refractivity contribution in [2.75, 3.05) is 13.2 Å². The third kappa shape index (κ3) is 7.46. The van der Waals surface area contributed by atoms with Crippen LogP contribution in [0.3, 0.4) is 0 Å². The molecule has 0 heterocycles. The third-order valence-electron chi connectivity index (χ3n) is 5.79. The number of rotatable bonds is 13. The topological polar surface area (TPSA) is 35.5 Å². The lowest BCUT2D eigenvalue weighted by Crippen LogP contribution is -2.66. The normalized spacial score (nSPS) is 12.2. The fourth-order valence-corrected chi connectivity index (χ4v) is 8.86. The van der Waals surface area contributed by atoms with E-state index in [2.05, 4.69) is 81.4 Å². The smallest absolute Gasteiger partial charge is 0.330 e. The molecular formula is C28H40O3Si. The Morgan fingerprint density at radius 3 is 1.91 bits per heavy atom. The highest BCUT2D eigenvalue weighted by Gasteiger charge is 2.49. The standard InChI is InChI=1S/C28H40O3Si/c1-5-30-27(29)23-17-9-7-6-8-10-18-24-31-32(28(2,3)4,25-19-13-11-14-20-25)26-21-15-12-16-22-26/h11-17,19-23H,5-10,18,24H2,1-4H3/b23-17+. The summed E-state index contributed by atoms with van der Waals surface area (Å²) in [7, 11) is -2.41. The van der Waals surface area contributed by atoms with Gasteiger partial charge in [0.05, 0.1) is 6.61 Å². The van der Waals surface area contributed by atoms with Gasteiger partial charge >= 0.3 is 5.97 Å². The van der Waals surface area contributed by atoms with Crippen molar-refractivity contribution in [2.24, 2.45) is 0 Å². The maximum atomic E-state index is 11.3. The van der Waals surface area contributed by atoms with Crippen LogP contribution in [-0.2, 0) is 14.0 Å². The summed E-state index contributed by atoms with van der Waals surface area (Å²) in [6.45, 7) is 10.0. The van der Waals surface area contributed by atoms with Crippen molar-refractivity contribution in [3.63, 3.8) is 0 Å². The number of hydrogen-bond donors (Lipinski definition) is 0. The molecule has 0 atom stereocenters. The molecule has 0 unspecified atom stereocenters. The Bertz CT molecular complexity index is 770. The first kappa shape index (κ1) is 26.1. The molecule has 2 rings (SSSR count). The van der Waals surface area contributed by atoms with E-state index in [9.17, 15) is 4.79 Å². The predicted molar refractivity (Wildman–Crippen MR) is 137 cm³/mol. The van der Waals surface area contributed by atoms with Crippen molar-refractivity contribution in [3.8, 4) is 0 Å². The summed E-state index contributed by atoms with van der Waals surface area (Å²) in [6, 6.07) is 21.7. The maximum Gasteiger partial charge on any atom is 0.330 e. The molecule has 0 spiro atoms. The van der Waals surface area contributed by atoms with Gasteiger partial charge in [0.25, 0.3) is 8.32 Å². The van der Waals surface area contributed by atoms with Crippen molar-refractivity contribution < 1.29 is 14.0 Å². The summed E-state index contributed by atoms with van der Waals surface area (Å²) in [5, 5.41) is 2.71. The SMILES string of the molecule is CCOC(=O)/C=C/CCCCCCCO[Si](c1ccccc1)(c1ccccc1)C(C)(C)C. The third-order valence-corrected chi connectivity index (χ3v) is 10.8. The second kappa shape index (κ2) is 13.4. The first-order valence-electron chi connectivity index (χ1n) is 12.0. The summed E-state index contributed by atoms with van der Waals surface area (Å²) in [5.41, 5.74) is 0. The predicted octanol–water partition coefficient (Wildman–Crippen LogP) is 6.02. The summed E-state index contributed by atoms with van der Waals surface area (Å²) < 4.78 is 11.8. The Balaban J connectivity index is 1.90. The quantitative estimate of drug-likeness (QED) is 0.161. The number of carbonyl (C=O) groups is 1. The highest BCUT2D eigenvalue weighted by Crippen LogP contribution is 2.36. The summed E-state index contributed by atoms with van der Waals surface area (Å²) in [5.74, 6) is -0.243. The number of hydrogen-bond acceptors (Lipinski definition) is 3. The highest BCUT2D eigenvalue weighted by atomic mass is 28.4. The van der Waals surface area contributed by atoms with Gasteiger partial charge < -0.3 is 9.16 Å². The summed E-state index contributed by atoms with van der Waals surface area (Å²) >= 11 is 0. The zero-order chi connectivity index (χ0) is 23.3. The van der Waals surface area contributed by atoms with Crippen molar-refractivity contribution in [1.29, 1.82) is 0 Å². The minimum absolute atomic E-state index is 0.0287. The van der Waals surface area contributed by atoms with Crippen LogP contribution in [-0.4, -0.2) is 27.5 Å². The number of allylic oxidation sites excluding steroid dienone is 1. The van der Waals surface area contributed by atoms with Gasteiger partial charge in [0.15, 0.2) is 0 Å². The molecule has 0 N–H and O–H groups in total. The van der Waals surface area contributed by atoms with Gasteiger partial charge in [-0.3, -0.25) is 0 Å². The molecule has 0 aliphatic heterocycles. The van der Waals surface area contributed by atoms with Gasteiger partial charge in [-0.15, -0.1) is 0 Å². The van der Waals surface area contributed by atoms with Gasteiger partial charge in [-0.1, -0.05) is 107 Å². The van der Waals surface area contributed by atoms with E-state index in [-0.39, 0.29) is 11.0 Å². The number of esters is 1. The van der Waals surface area contributed by atoms with E-state index >= 15 is 0 Å². The number of unbranched alkanes of at least 4 members (excludes halogenated alkanes) is 5. The first-order chi connectivity index (χ1) is 15.4. The minimum atomic E-state index is -2.41. The lowest BCUT2D eigenvalue weighted by Gasteiger charge is -2.43. The molecule has 0 saturated carbocycles. The Kier molecular flexibility index (Phi) is 10.9. The first-order valence-corrected chi connectivity index (χ1v) is 13.9. The van der Waals surface area contributed by atoms with Crippen LogP contribution in [0.5, 0.6) is 0 Å². The molecule has 2 aromatic carbocycles. The molecule has 0 amide bonds. The van der Waals surface area contributed by atoms with E-state index < -0.39 is 8.32 Å². The van der Waals surface area contributed by atoms with Crippen LogP contribution in [0.2, 0.25) is 5.04 Å². The van der Waals surface area contributed by atoms with Crippen molar-refractivity contribution in [1.82, 2.24) is 0 Å². The van der Waals surface area contributed by atoms with Crippen molar-refractivity contribution >= 4 is 24.7 Å². The van der Waals surface area contributed by atoms with Crippen LogP contribution in [0.15, 0.2) is 72.8 Å². The molecule has 0 bridgehead atoms. The van der Waals surface area contributed by atoms with E-state index in [0.717, 1.165) is 25.9 Å². The Labute approximate surface area is 196 Å². The molecule has 2 aromatic rings. The van der Waals surface area contributed by atoms with Crippen LogP contribution < -0.4 is 10.4 Å². The van der Waals surface area contributed by atoms with E-state index in [1.807, 2.05) is 13.0 Å². The molecule has 0 aliphatic carbocycles. The molecule has 0 aliphatic rings. The Morgan fingerprint density at radius 2 is 1.38 bits per heavy atom. The van der Waals surface area contributed by atoms with Crippen LogP contribution >= 0.6 is 0 Å². The molecule has 32 heavy (non-hydrogen) atoms.